The second-order valence-corrected chi connectivity index (χ2v) is 5.78. The predicted octanol–water partition coefficient (Wildman–Crippen LogP) is 2.34. The van der Waals surface area contributed by atoms with Crippen molar-refractivity contribution in [3.8, 4) is 0 Å². The number of carbonyl (C=O) groups is 2. The standard InChI is InChI=1S/C17H24N2O3/c1-4-12(2)15(16(20)22-3)18-17(21)19-10-9-13-7-5-6-8-14(13)11-19/h5-8,12,15H,4,9-11H2,1-3H3,(H,18,21)/t12-,15+/m1/s1. The van der Waals surface area contributed by atoms with Crippen LogP contribution in [0.25, 0.3) is 0 Å². The second kappa shape index (κ2) is 7.29. The SMILES string of the molecule is CC[C@@H](C)[C@H](NC(=O)N1CCc2ccccc2C1)C(=O)OC. The molecule has 1 aliphatic rings. The normalized spacial score (nSPS) is 16.4. The molecule has 1 N–H and O–H groups in total. The van der Waals surface area contributed by atoms with Gasteiger partial charge in [0, 0.05) is 13.1 Å². The Kier molecular flexibility index (Phi) is 5.41. The van der Waals surface area contributed by atoms with Crippen LogP contribution < -0.4 is 5.32 Å². The Labute approximate surface area is 131 Å². The summed E-state index contributed by atoms with van der Waals surface area (Å²) in [6.45, 7) is 5.17. The Morgan fingerprint density at radius 3 is 2.64 bits per heavy atom. The van der Waals surface area contributed by atoms with E-state index < -0.39 is 6.04 Å². The number of carbonyl (C=O) groups excluding carboxylic acids is 2. The Balaban J connectivity index is 2.04. The molecule has 0 unspecified atom stereocenters. The van der Waals surface area contributed by atoms with Crippen LogP contribution in [0.5, 0.6) is 0 Å². The summed E-state index contributed by atoms with van der Waals surface area (Å²) in [6, 6.07) is 7.34. The zero-order chi connectivity index (χ0) is 16.1. The highest BCUT2D eigenvalue weighted by atomic mass is 16.5. The molecule has 1 aromatic rings. The van der Waals surface area contributed by atoms with Crippen molar-refractivity contribution in [3.63, 3.8) is 0 Å². The molecule has 2 rings (SSSR count). The summed E-state index contributed by atoms with van der Waals surface area (Å²) in [6.07, 6.45) is 1.64. The van der Waals surface area contributed by atoms with Gasteiger partial charge in [0.25, 0.3) is 0 Å². The quantitative estimate of drug-likeness (QED) is 0.869. The van der Waals surface area contributed by atoms with Crippen molar-refractivity contribution in [2.75, 3.05) is 13.7 Å². The predicted molar refractivity (Wildman–Crippen MR) is 84.3 cm³/mol. The van der Waals surface area contributed by atoms with Gasteiger partial charge in [-0.1, -0.05) is 44.5 Å². The first-order chi connectivity index (χ1) is 10.6. The van der Waals surface area contributed by atoms with E-state index in [4.69, 9.17) is 4.74 Å². The van der Waals surface area contributed by atoms with Gasteiger partial charge in [0.05, 0.1) is 7.11 Å². The van der Waals surface area contributed by atoms with E-state index >= 15 is 0 Å². The molecule has 0 radical (unpaired) electrons. The van der Waals surface area contributed by atoms with Crippen LogP contribution in [0.3, 0.4) is 0 Å². The molecule has 1 aliphatic heterocycles. The van der Waals surface area contributed by atoms with Crippen LogP contribution in [0.15, 0.2) is 24.3 Å². The lowest BCUT2D eigenvalue weighted by molar-refractivity contribution is -0.144. The number of amides is 2. The zero-order valence-electron chi connectivity index (χ0n) is 13.5. The maximum Gasteiger partial charge on any atom is 0.328 e. The molecule has 1 aromatic carbocycles. The summed E-state index contributed by atoms with van der Waals surface area (Å²) >= 11 is 0. The average molecular weight is 304 g/mol. The van der Waals surface area contributed by atoms with Crippen LogP contribution in [0.4, 0.5) is 4.79 Å². The first-order valence-electron chi connectivity index (χ1n) is 7.76. The third-order valence-electron chi connectivity index (χ3n) is 4.36. The number of methoxy groups -OCH3 is 1. The molecule has 120 valence electrons. The van der Waals surface area contributed by atoms with Crippen molar-refractivity contribution in [2.24, 2.45) is 5.92 Å². The second-order valence-electron chi connectivity index (χ2n) is 5.78. The third kappa shape index (κ3) is 3.59. The zero-order valence-corrected chi connectivity index (χ0v) is 13.5. The van der Waals surface area contributed by atoms with Crippen molar-refractivity contribution in [1.82, 2.24) is 10.2 Å². The van der Waals surface area contributed by atoms with Gasteiger partial charge in [0.15, 0.2) is 0 Å². The Morgan fingerprint density at radius 2 is 2.00 bits per heavy atom. The van der Waals surface area contributed by atoms with E-state index in [-0.39, 0.29) is 17.9 Å². The van der Waals surface area contributed by atoms with Crippen molar-refractivity contribution >= 4 is 12.0 Å². The van der Waals surface area contributed by atoms with Gasteiger partial charge < -0.3 is 15.0 Å². The van der Waals surface area contributed by atoms with Crippen LogP contribution >= 0.6 is 0 Å². The van der Waals surface area contributed by atoms with Crippen molar-refractivity contribution in [1.29, 1.82) is 0 Å². The molecule has 5 nitrogen and oxygen atoms in total. The number of nitrogens with zero attached hydrogens (tertiary/aromatic N) is 1. The van der Waals surface area contributed by atoms with E-state index in [9.17, 15) is 9.59 Å². The van der Waals surface area contributed by atoms with E-state index in [0.29, 0.717) is 13.1 Å². The topological polar surface area (TPSA) is 58.6 Å². The lowest BCUT2D eigenvalue weighted by Gasteiger charge is -2.31. The molecule has 22 heavy (non-hydrogen) atoms. The highest BCUT2D eigenvalue weighted by Crippen LogP contribution is 2.19. The number of ether oxygens (including phenoxy) is 1. The molecular formula is C17H24N2O3. The van der Waals surface area contributed by atoms with Crippen molar-refractivity contribution < 1.29 is 14.3 Å². The van der Waals surface area contributed by atoms with Crippen LogP contribution in [0.1, 0.15) is 31.4 Å². The monoisotopic (exact) mass is 304 g/mol. The van der Waals surface area contributed by atoms with Gasteiger partial charge in [0.2, 0.25) is 0 Å². The highest BCUT2D eigenvalue weighted by molar-refractivity contribution is 5.84. The number of nitrogens with one attached hydrogen (secondary N) is 1. The average Bonchev–Trinajstić information content (AvgIpc) is 2.57. The van der Waals surface area contributed by atoms with Gasteiger partial charge in [-0.05, 0) is 23.5 Å². The fourth-order valence-electron chi connectivity index (χ4n) is 2.69. The Hall–Kier alpha value is -2.04. The van der Waals surface area contributed by atoms with Crippen LogP contribution in [0, 0.1) is 5.92 Å². The molecule has 0 saturated carbocycles. The van der Waals surface area contributed by atoms with E-state index in [2.05, 4.69) is 11.4 Å². The largest absolute Gasteiger partial charge is 0.467 e. The minimum atomic E-state index is -0.598. The summed E-state index contributed by atoms with van der Waals surface area (Å²) in [7, 11) is 1.35. The summed E-state index contributed by atoms with van der Waals surface area (Å²) in [5.41, 5.74) is 2.46. The maximum absolute atomic E-state index is 12.5. The summed E-state index contributed by atoms with van der Waals surface area (Å²) in [4.78, 5) is 26.1. The van der Waals surface area contributed by atoms with Crippen LogP contribution in [-0.4, -0.2) is 36.6 Å². The minimum Gasteiger partial charge on any atom is -0.467 e. The molecule has 0 bridgehead atoms. The van der Waals surface area contributed by atoms with Gasteiger partial charge >= 0.3 is 12.0 Å². The Morgan fingerprint density at radius 1 is 1.32 bits per heavy atom. The lowest BCUT2D eigenvalue weighted by Crippen LogP contribution is -2.51. The number of fused-ring (bicyclic) bond motifs is 1. The fourth-order valence-corrected chi connectivity index (χ4v) is 2.69. The highest BCUT2D eigenvalue weighted by Gasteiger charge is 2.29. The van der Waals surface area contributed by atoms with Crippen LogP contribution in [0.2, 0.25) is 0 Å². The number of rotatable bonds is 4. The van der Waals surface area contributed by atoms with E-state index in [1.807, 2.05) is 32.0 Å². The molecule has 0 aromatic heterocycles. The minimum absolute atomic E-state index is 0.0356. The smallest absolute Gasteiger partial charge is 0.328 e. The molecule has 2 atom stereocenters. The number of esters is 1. The fraction of sp³-hybridized carbons (Fsp3) is 0.529. The Bertz CT molecular complexity index is 544. The van der Waals surface area contributed by atoms with Gasteiger partial charge in [-0.3, -0.25) is 0 Å². The molecular weight excluding hydrogens is 280 g/mol. The van der Waals surface area contributed by atoms with Crippen molar-refractivity contribution in [3.05, 3.63) is 35.4 Å². The first kappa shape index (κ1) is 16.3. The first-order valence-corrected chi connectivity index (χ1v) is 7.76. The van der Waals surface area contributed by atoms with E-state index in [1.165, 1.54) is 18.2 Å². The molecule has 2 amide bonds. The number of urea groups is 1. The molecule has 0 saturated heterocycles. The van der Waals surface area contributed by atoms with Gasteiger partial charge in [-0.15, -0.1) is 0 Å². The molecule has 0 fully saturated rings. The van der Waals surface area contributed by atoms with Gasteiger partial charge in [0.1, 0.15) is 6.04 Å². The van der Waals surface area contributed by atoms with E-state index in [1.54, 1.807) is 4.90 Å². The molecule has 5 heteroatoms. The third-order valence-corrected chi connectivity index (χ3v) is 4.36. The maximum atomic E-state index is 12.5. The molecule has 0 spiro atoms. The summed E-state index contributed by atoms with van der Waals surface area (Å²) in [5.74, 6) is -0.353. The van der Waals surface area contributed by atoms with Gasteiger partial charge in [-0.25, -0.2) is 9.59 Å². The van der Waals surface area contributed by atoms with E-state index in [0.717, 1.165) is 12.8 Å². The summed E-state index contributed by atoms with van der Waals surface area (Å²) in [5, 5.41) is 2.83. The number of hydrogen-bond acceptors (Lipinski definition) is 3. The van der Waals surface area contributed by atoms with Crippen LogP contribution in [-0.2, 0) is 22.5 Å². The molecule has 0 aliphatic carbocycles. The summed E-state index contributed by atoms with van der Waals surface area (Å²) < 4.78 is 4.81. The number of benzene rings is 1. The van der Waals surface area contributed by atoms with Gasteiger partial charge in [-0.2, -0.15) is 0 Å². The lowest BCUT2D eigenvalue weighted by atomic mass is 9.98. The number of hydrogen-bond donors (Lipinski definition) is 1. The van der Waals surface area contributed by atoms with Crippen molar-refractivity contribution in [2.45, 2.75) is 39.3 Å². The molecule has 1 heterocycles.